The molecule has 1 aromatic carbocycles. The van der Waals surface area contributed by atoms with Gasteiger partial charge >= 0.3 is 0 Å². The molecule has 0 aliphatic carbocycles. The second kappa shape index (κ2) is 8.45. The lowest BCUT2D eigenvalue weighted by Crippen LogP contribution is -2.48. The number of pyridine rings is 1. The van der Waals surface area contributed by atoms with Gasteiger partial charge in [0.05, 0.1) is 0 Å². The largest absolute Gasteiger partial charge is 0.351 e. The molecule has 0 bridgehead atoms. The van der Waals surface area contributed by atoms with Gasteiger partial charge in [-0.3, -0.25) is 14.5 Å². The molecule has 1 aliphatic heterocycles. The molecular formula is C19H22BrN3O2. The van der Waals surface area contributed by atoms with E-state index in [1.165, 1.54) is 16.2 Å². The van der Waals surface area contributed by atoms with E-state index in [1.54, 1.807) is 12.3 Å². The van der Waals surface area contributed by atoms with E-state index < -0.39 is 0 Å². The van der Waals surface area contributed by atoms with Crippen LogP contribution in [0.3, 0.4) is 0 Å². The maximum Gasteiger partial charge on any atom is 0.251 e. The van der Waals surface area contributed by atoms with Gasteiger partial charge in [-0.25, -0.2) is 0 Å². The smallest absolute Gasteiger partial charge is 0.251 e. The fourth-order valence-corrected chi connectivity index (χ4v) is 3.59. The fraction of sp³-hybridized carbons (Fsp3) is 0.368. The summed E-state index contributed by atoms with van der Waals surface area (Å²) in [7, 11) is 0. The van der Waals surface area contributed by atoms with Gasteiger partial charge in [0, 0.05) is 35.9 Å². The normalized spacial score (nSPS) is 18.0. The van der Waals surface area contributed by atoms with E-state index in [2.05, 4.69) is 38.3 Å². The molecule has 1 saturated heterocycles. The SMILES string of the molecule is O=C(Cn1cc(Br)ccc1=O)N[C@@H]1CCCN(Cc2ccccc2)C1. The van der Waals surface area contributed by atoms with Gasteiger partial charge in [0.25, 0.3) is 5.56 Å². The summed E-state index contributed by atoms with van der Waals surface area (Å²) in [5.41, 5.74) is 1.11. The van der Waals surface area contributed by atoms with Crippen molar-refractivity contribution in [3.63, 3.8) is 0 Å². The van der Waals surface area contributed by atoms with Gasteiger partial charge in [0.15, 0.2) is 0 Å². The number of carbonyl (C=O) groups excluding carboxylic acids is 1. The Hall–Kier alpha value is -1.92. The summed E-state index contributed by atoms with van der Waals surface area (Å²) in [5, 5.41) is 3.07. The molecule has 6 heteroatoms. The predicted octanol–water partition coefficient (Wildman–Crippen LogP) is 2.39. The maximum absolute atomic E-state index is 12.3. The van der Waals surface area contributed by atoms with Crippen LogP contribution >= 0.6 is 15.9 Å². The molecule has 5 nitrogen and oxygen atoms in total. The molecule has 3 rings (SSSR count). The van der Waals surface area contributed by atoms with Gasteiger partial charge in [0.1, 0.15) is 6.54 Å². The fourth-order valence-electron chi connectivity index (χ4n) is 3.21. The minimum atomic E-state index is -0.173. The maximum atomic E-state index is 12.3. The summed E-state index contributed by atoms with van der Waals surface area (Å²) in [5.74, 6) is -0.119. The van der Waals surface area contributed by atoms with Crippen LogP contribution in [0, 0.1) is 0 Å². The highest BCUT2D eigenvalue weighted by molar-refractivity contribution is 9.10. The molecule has 1 N–H and O–H groups in total. The van der Waals surface area contributed by atoms with Crippen LogP contribution in [-0.2, 0) is 17.9 Å². The van der Waals surface area contributed by atoms with Crippen LogP contribution in [0.2, 0.25) is 0 Å². The monoisotopic (exact) mass is 403 g/mol. The van der Waals surface area contributed by atoms with Crippen molar-refractivity contribution < 1.29 is 4.79 Å². The zero-order valence-corrected chi connectivity index (χ0v) is 15.6. The molecule has 0 radical (unpaired) electrons. The number of likely N-dealkylation sites (tertiary alicyclic amines) is 1. The summed E-state index contributed by atoms with van der Waals surface area (Å²) in [6.45, 7) is 2.84. The molecule has 132 valence electrons. The summed E-state index contributed by atoms with van der Waals surface area (Å²) in [6, 6.07) is 13.6. The van der Waals surface area contributed by atoms with Crippen molar-refractivity contribution in [2.75, 3.05) is 13.1 Å². The van der Waals surface area contributed by atoms with Crippen LogP contribution < -0.4 is 10.9 Å². The molecule has 0 unspecified atom stereocenters. The number of piperidine rings is 1. The number of amides is 1. The Bertz CT molecular complexity index is 776. The number of aromatic nitrogens is 1. The highest BCUT2D eigenvalue weighted by atomic mass is 79.9. The Balaban J connectivity index is 1.54. The minimum absolute atomic E-state index is 0.0491. The first-order valence-corrected chi connectivity index (χ1v) is 9.31. The van der Waals surface area contributed by atoms with Gasteiger partial charge < -0.3 is 9.88 Å². The van der Waals surface area contributed by atoms with E-state index in [9.17, 15) is 9.59 Å². The molecule has 25 heavy (non-hydrogen) atoms. The Morgan fingerprint density at radius 2 is 2.00 bits per heavy atom. The van der Waals surface area contributed by atoms with Gasteiger partial charge in [-0.05, 0) is 46.9 Å². The first-order valence-electron chi connectivity index (χ1n) is 8.52. The Morgan fingerprint density at radius 1 is 1.20 bits per heavy atom. The van der Waals surface area contributed by atoms with Crippen molar-refractivity contribution in [1.82, 2.24) is 14.8 Å². The molecular weight excluding hydrogens is 382 g/mol. The van der Waals surface area contributed by atoms with Crippen LogP contribution in [0.15, 0.2) is 57.9 Å². The van der Waals surface area contributed by atoms with E-state index in [0.717, 1.165) is 36.9 Å². The first kappa shape index (κ1) is 17.9. The van der Waals surface area contributed by atoms with Crippen molar-refractivity contribution in [2.45, 2.75) is 32.0 Å². The van der Waals surface area contributed by atoms with Gasteiger partial charge in [-0.1, -0.05) is 30.3 Å². The molecule has 0 spiro atoms. The third-order valence-electron chi connectivity index (χ3n) is 4.38. The van der Waals surface area contributed by atoms with Crippen LogP contribution in [0.1, 0.15) is 18.4 Å². The van der Waals surface area contributed by atoms with Crippen molar-refractivity contribution >= 4 is 21.8 Å². The lowest BCUT2D eigenvalue weighted by Gasteiger charge is -2.33. The Morgan fingerprint density at radius 3 is 2.80 bits per heavy atom. The van der Waals surface area contributed by atoms with Crippen LogP contribution in [0.4, 0.5) is 0 Å². The molecule has 1 atom stereocenters. The van der Waals surface area contributed by atoms with Crippen LogP contribution in [0.5, 0.6) is 0 Å². The topological polar surface area (TPSA) is 54.3 Å². The van der Waals surface area contributed by atoms with Crippen molar-refractivity contribution in [3.8, 4) is 0 Å². The average molecular weight is 404 g/mol. The number of carbonyl (C=O) groups is 1. The van der Waals surface area contributed by atoms with E-state index in [1.807, 2.05) is 18.2 Å². The van der Waals surface area contributed by atoms with E-state index in [0.29, 0.717) is 0 Å². The van der Waals surface area contributed by atoms with E-state index in [4.69, 9.17) is 0 Å². The van der Waals surface area contributed by atoms with Crippen molar-refractivity contribution in [2.24, 2.45) is 0 Å². The summed E-state index contributed by atoms with van der Waals surface area (Å²) >= 11 is 3.33. The number of nitrogens with one attached hydrogen (secondary N) is 1. The third kappa shape index (κ3) is 5.28. The molecule has 2 heterocycles. The second-order valence-electron chi connectivity index (χ2n) is 6.44. The number of benzene rings is 1. The number of halogens is 1. The summed E-state index contributed by atoms with van der Waals surface area (Å²) < 4.78 is 2.20. The van der Waals surface area contributed by atoms with Crippen LogP contribution in [-0.4, -0.2) is 34.5 Å². The number of nitrogens with zero attached hydrogens (tertiary/aromatic N) is 2. The molecule has 1 aliphatic rings. The summed E-state index contributed by atoms with van der Waals surface area (Å²) in [6.07, 6.45) is 3.68. The molecule has 1 amide bonds. The van der Waals surface area contributed by atoms with E-state index in [-0.39, 0.29) is 24.1 Å². The zero-order chi connectivity index (χ0) is 17.6. The lowest BCUT2D eigenvalue weighted by molar-refractivity contribution is -0.122. The Kier molecular flexibility index (Phi) is 6.04. The average Bonchev–Trinajstić information content (AvgIpc) is 2.59. The third-order valence-corrected chi connectivity index (χ3v) is 4.85. The van der Waals surface area contributed by atoms with Crippen LogP contribution in [0.25, 0.3) is 0 Å². The quantitative estimate of drug-likeness (QED) is 0.833. The number of hydrogen-bond donors (Lipinski definition) is 1. The number of rotatable bonds is 5. The molecule has 2 aromatic rings. The van der Waals surface area contributed by atoms with Gasteiger partial charge in [-0.2, -0.15) is 0 Å². The lowest BCUT2D eigenvalue weighted by atomic mass is 10.0. The molecule has 1 aromatic heterocycles. The van der Waals surface area contributed by atoms with Crippen molar-refractivity contribution in [1.29, 1.82) is 0 Å². The first-order chi connectivity index (χ1) is 12.1. The predicted molar refractivity (Wildman–Crippen MR) is 101 cm³/mol. The Labute approximate surface area is 155 Å². The van der Waals surface area contributed by atoms with Gasteiger partial charge in [-0.15, -0.1) is 0 Å². The second-order valence-corrected chi connectivity index (χ2v) is 7.36. The minimum Gasteiger partial charge on any atom is -0.351 e. The highest BCUT2D eigenvalue weighted by Gasteiger charge is 2.21. The van der Waals surface area contributed by atoms with E-state index >= 15 is 0 Å². The molecule has 1 fully saturated rings. The summed E-state index contributed by atoms with van der Waals surface area (Å²) in [4.78, 5) is 26.5. The number of hydrogen-bond acceptors (Lipinski definition) is 3. The van der Waals surface area contributed by atoms with Gasteiger partial charge in [0.2, 0.25) is 5.91 Å². The standard InChI is InChI=1S/C19H22BrN3O2/c20-16-8-9-19(25)23(12-16)14-18(24)21-17-7-4-10-22(13-17)11-15-5-2-1-3-6-15/h1-3,5-6,8-9,12,17H,4,7,10-11,13-14H2,(H,21,24)/t17-/m1/s1. The highest BCUT2D eigenvalue weighted by Crippen LogP contribution is 2.14. The molecule has 0 saturated carbocycles. The van der Waals surface area contributed by atoms with Crippen molar-refractivity contribution in [3.05, 3.63) is 69.1 Å². The zero-order valence-electron chi connectivity index (χ0n) is 14.0.